The maximum atomic E-state index is 13.5. The number of likely N-dealkylation sites (N-methyl/N-ethyl adjacent to an activating group) is 1. The molecule has 7 nitrogen and oxygen atoms in total. The normalized spacial score (nSPS) is 39.3. The van der Waals surface area contributed by atoms with E-state index in [-0.39, 0.29) is 6.04 Å². The highest BCUT2D eigenvalue weighted by atomic mass is 16.6. The summed E-state index contributed by atoms with van der Waals surface area (Å²) in [4.78, 5) is 30.2. The molecule has 1 spiro atoms. The van der Waals surface area contributed by atoms with Crippen LogP contribution in [-0.4, -0.2) is 73.0 Å². The molecule has 1 N–H and O–H groups in total. The van der Waals surface area contributed by atoms with E-state index in [1.807, 2.05) is 25.8 Å². The van der Waals surface area contributed by atoms with Crippen LogP contribution >= 0.6 is 0 Å². The summed E-state index contributed by atoms with van der Waals surface area (Å²) in [5.74, 6) is -1.27. The smallest absolute Gasteiger partial charge is 0.344 e. The Morgan fingerprint density at radius 3 is 2.69 bits per heavy atom. The Morgan fingerprint density at radius 2 is 2.03 bits per heavy atom. The van der Waals surface area contributed by atoms with Crippen LogP contribution in [-0.2, 0) is 24.5 Å². The highest BCUT2D eigenvalue weighted by Crippen LogP contribution is 2.67. The van der Waals surface area contributed by atoms with E-state index in [2.05, 4.69) is 35.3 Å². The first-order valence-corrected chi connectivity index (χ1v) is 11.4. The third kappa shape index (κ3) is 2.28. The summed E-state index contributed by atoms with van der Waals surface area (Å²) < 4.78 is 11.1. The standard InChI is InChI=1S/C25H32N2O5/c1-6-23-10-7-12-27-13-11-24(19(23)27)17-9-8-15(2)14-18(17)26(4)20(24)25(30,22(29)31-5)21(23)32-16(3)28/h7-10,14,19-21,30H,6,11-13H2,1-5H3/t19-,20+,21+,23+,24+,25-/m0/s1. The molecule has 7 heteroatoms. The molecule has 0 bridgehead atoms. The van der Waals surface area contributed by atoms with Crippen molar-refractivity contribution in [1.29, 1.82) is 0 Å². The van der Waals surface area contributed by atoms with Gasteiger partial charge in [-0.25, -0.2) is 4.79 Å². The SMILES string of the molecule is CC[C@]12C=CCN3CC[C@@]4(c5ccc(C)cc5N(C)[C@H]4[C@@](O)(C(=O)OC)[C@@H]1OC(C)=O)[C@@H]32. The Hall–Kier alpha value is -2.38. The highest BCUT2D eigenvalue weighted by molar-refractivity contribution is 5.86. The van der Waals surface area contributed by atoms with Gasteiger partial charge in [-0.15, -0.1) is 0 Å². The molecule has 4 aliphatic rings. The molecule has 6 atom stereocenters. The topological polar surface area (TPSA) is 79.3 Å². The van der Waals surface area contributed by atoms with Crippen molar-refractivity contribution in [2.45, 2.75) is 62.8 Å². The third-order valence-electron chi connectivity index (χ3n) is 8.57. The molecule has 3 aliphatic heterocycles. The molecular weight excluding hydrogens is 408 g/mol. The fourth-order valence-electron chi connectivity index (χ4n) is 7.68. The van der Waals surface area contributed by atoms with Crippen LogP contribution in [0.1, 0.15) is 37.8 Å². The minimum Gasteiger partial charge on any atom is -0.467 e. The van der Waals surface area contributed by atoms with E-state index in [0.717, 1.165) is 36.3 Å². The number of hydrogen-bond acceptors (Lipinski definition) is 7. The van der Waals surface area contributed by atoms with Gasteiger partial charge in [0.25, 0.3) is 0 Å². The van der Waals surface area contributed by atoms with Gasteiger partial charge in [-0.1, -0.05) is 31.2 Å². The molecule has 1 aliphatic carbocycles. The van der Waals surface area contributed by atoms with E-state index in [9.17, 15) is 14.7 Å². The molecule has 1 saturated heterocycles. The number of rotatable bonds is 3. The van der Waals surface area contributed by atoms with Crippen molar-refractivity contribution < 1.29 is 24.2 Å². The van der Waals surface area contributed by atoms with Crippen LogP contribution in [0, 0.1) is 12.3 Å². The average molecular weight is 441 g/mol. The fraction of sp³-hybridized carbons (Fsp3) is 0.600. The second kappa shape index (κ2) is 6.81. The van der Waals surface area contributed by atoms with Crippen molar-refractivity contribution in [2.24, 2.45) is 5.41 Å². The number of nitrogens with zero attached hydrogens (tertiary/aromatic N) is 2. The Balaban J connectivity index is 1.88. The summed E-state index contributed by atoms with van der Waals surface area (Å²) in [7, 11) is 3.21. The van der Waals surface area contributed by atoms with E-state index in [1.165, 1.54) is 14.0 Å². The van der Waals surface area contributed by atoms with Gasteiger partial charge in [-0.05, 0) is 43.5 Å². The summed E-state index contributed by atoms with van der Waals surface area (Å²) in [5.41, 5.74) is 0.0171. The number of benzene rings is 1. The molecule has 0 aromatic heterocycles. The minimum absolute atomic E-state index is 0.0179. The first-order chi connectivity index (χ1) is 15.2. The molecular formula is C25H32N2O5. The summed E-state index contributed by atoms with van der Waals surface area (Å²) in [6.45, 7) is 7.07. The molecule has 1 saturated carbocycles. The van der Waals surface area contributed by atoms with E-state index in [4.69, 9.17) is 9.47 Å². The van der Waals surface area contributed by atoms with E-state index in [0.29, 0.717) is 6.42 Å². The second-order valence-corrected chi connectivity index (χ2v) is 9.90. The predicted molar refractivity (Wildman–Crippen MR) is 119 cm³/mol. The fourth-order valence-corrected chi connectivity index (χ4v) is 7.68. The van der Waals surface area contributed by atoms with Gasteiger partial charge in [0.2, 0.25) is 5.60 Å². The van der Waals surface area contributed by atoms with Gasteiger partial charge in [0.05, 0.1) is 13.2 Å². The van der Waals surface area contributed by atoms with Crippen molar-refractivity contribution in [3.05, 3.63) is 41.5 Å². The Labute approximate surface area is 189 Å². The van der Waals surface area contributed by atoms with Crippen LogP contribution in [0.25, 0.3) is 0 Å². The lowest BCUT2D eigenvalue weighted by Gasteiger charge is -2.63. The van der Waals surface area contributed by atoms with Crippen molar-refractivity contribution in [3.63, 3.8) is 0 Å². The zero-order valence-electron chi connectivity index (χ0n) is 19.4. The maximum Gasteiger partial charge on any atom is 0.344 e. The van der Waals surface area contributed by atoms with Crippen LogP contribution in [0.2, 0.25) is 0 Å². The zero-order chi connectivity index (χ0) is 23.1. The van der Waals surface area contributed by atoms with Gasteiger partial charge in [0.15, 0.2) is 6.10 Å². The first kappa shape index (κ1) is 21.5. The number of methoxy groups -OCH3 is 1. The largest absolute Gasteiger partial charge is 0.467 e. The first-order valence-electron chi connectivity index (χ1n) is 11.4. The Bertz CT molecular complexity index is 1020. The van der Waals surface area contributed by atoms with Gasteiger partial charge < -0.3 is 19.5 Å². The van der Waals surface area contributed by atoms with Crippen molar-refractivity contribution in [1.82, 2.24) is 4.90 Å². The van der Waals surface area contributed by atoms with E-state index in [1.54, 1.807) is 0 Å². The van der Waals surface area contributed by atoms with Gasteiger partial charge >= 0.3 is 11.9 Å². The number of ether oxygens (including phenoxy) is 2. The molecule has 0 amide bonds. The van der Waals surface area contributed by atoms with Gasteiger partial charge in [0.1, 0.15) is 0 Å². The van der Waals surface area contributed by atoms with Crippen LogP contribution in [0.4, 0.5) is 5.69 Å². The van der Waals surface area contributed by atoms with Gasteiger partial charge in [-0.2, -0.15) is 0 Å². The number of carbonyl (C=O) groups is 2. The molecule has 172 valence electrons. The average Bonchev–Trinajstić information content (AvgIpc) is 3.27. The molecule has 5 rings (SSSR count). The van der Waals surface area contributed by atoms with Gasteiger partial charge in [-0.3, -0.25) is 9.69 Å². The number of aryl methyl sites for hydroxylation is 1. The maximum absolute atomic E-state index is 13.5. The highest BCUT2D eigenvalue weighted by Gasteiger charge is 2.80. The second-order valence-electron chi connectivity index (χ2n) is 9.90. The molecule has 0 radical (unpaired) electrons. The summed E-state index contributed by atoms with van der Waals surface area (Å²) in [5, 5.41) is 12.4. The molecule has 3 heterocycles. The molecule has 2 fully saturated rings. The lowest BCUT2D eigenvalue weighted by molar-refractivity contribution is -0.228. The molecule has 32 heavy (non-hydrogen) atoms. The third-order valence-corrected chi connectivity index (χ3v) is 8.57. The van der Waals surface area contributed by atoms with Crippen LogP contribution in [0.3, 0.4) is 0 Å². The number of hydrogen-bond donors (Lipinski definition) is 1. The summed E-state index contributed by atoms with van der Waals surface area (Å²) in [6.07, 6.45) is 4.52. The quantitative estimate of drug-likeness (QED) is 0.568. The number of carbonyl (C=O) groups excluding carboxylic acids is 2. The molecule has 0 unspecified atom stereocenters. The number of fused-ring (bicyclic) bond motifs is 1. The number of esters is 2. The minimum atomic E-state index is -2.04. The molecule has 1 aromatic rings. The summed E-state index contributed by atoms with van der Waals surface area (Å²) in [6, 6.07) is 5.75. The van der Waals surface area contributed by atoms with Crippen LogP contribution < -0.4 is 4.90 Å². The molecule has 1 aromatic carbocycles. The van der Waals surface area contributed by atoms with Crippen molar-refractivity contribution >= 4 is 17.6 Å². The lowest BCUT2D eigenvalue weighted by Crippen LogP contribution is -2.81. The Morgan fingerprint density at radius 1 is 1.28 bits per heavy atom. The van der Waals surface area contributed by atoms with Crippen LogP contribution in [0.15, 0.2) is 30.4 Å². The monoisotopic (exact) mass is 440 g/mol. The van der Waals surface area contributed by atoms with Crippen molar-refractivity contribution in [3.8, 4) is 0 Å². The van der Waals surface area contributed by atoms with Crippen LogP contribution in [0.5, 0.6) is 0 Å². The number of anilines is 1. The summed E-state index contributed by atoms with van der Waals surface area (Å²) >= 11 is 0. The van der Waals surface area contributed by atoms with Crippen molar-refractivity contribution in [2.75, 3.05) is 32.1 Å². The number of aliphatic hydroxyl groups is 1. The van der Waals surface area contributed by atoms with Gasteiger partial charge in [0, 0.05) is 43.1 Å². The lowest BCUT2D eigenvalue weighted by atomic mass is 9.47. The predicted octanol–water partition coefficient (Wildman–Crippen LogP) is 1.94. The van der Waals surface area contributed by atoms with E-state index < -0.39 is 40.5 Å². The Kier molecular flexibility index (Phi) is 4.57. The van der Waals surface area contributed by atoms with E-state index >= 15 is 0 Å². The zero-order valence-corrected chi connectivity index (χ0v) is 19.4.